The van der Waals surface area contributed by atoms with E-state index in [4.69, 9.17) is 0 Å². The Bertz CT molecular complexity index is 315. The summed E-state index contributed by atoms with van der Waals surface area (Å²) in [6, 6.07) is 11.5. The van der Waals surface area contributed by atoms with Crippen molar-refractivity contribution >= 4 is 0 Å². The lowest BCUT2D eigenvalue weighted by molar-refractivity contribution is 0.171. The standard InChI is InChI=1S/C15H23N/c1-15(2)11-6-12-16-14(15)10-9-13-7-4-3-5-8-13/h3-5,7-8,14,16H,6,9-12H2,1-2H3. The molecule has 1 unspecified atom stereocenters. The smallest absolute Gasteiger partial charge is 0.0121 e. The average molecular weight is 217 g/mol. The lowest BCUT2D eigenvalue weighted by atomic mass is 9.75. The van der Waals surface area contributed by atoms with Gasteiger partial charge in [-0.2, -0.15) is 0 Å². The van der Waals surface area contributed by atoms with E-state index in [1.807, 2.05) is 0 Å². The Hall–Kier alpha value is -0.820. The molecule has 0 saturated carbocycles. The third kappa shape index (κ3) is 2.85. The molecule has 1 aromatic rings. The molecule has 0 spiro atoms. The van der Waals surface area contributed by atoms with Gasteiger partial charge < -0.3 is 5.32 Å². The maximum Gasteiger partial charge on any atom is 0.0121 e. The average Bonchev–Trinajstić information content (AvgIpc) is 2.28. The highest BCUT2D eigenvalue weighted by molar-refractivity contribution is 5.15. The van der Waals surface area contributed by atoms with Crippen molar-refractivity contribution in [3.63, 3.8) is 0 Å². The maximum atomic E-state index is 3.68. The highest BCUT2D eigenvalue weighted by Gasteiger charge is 2.31. The molecular weight excluding hydrogens is 194 g/mol. The SMILES string of the molecule is CC1(C)CCCNC1CCc1ccccc1. The fraction of sp³-hybridized carbons (Fsp3) is 0.600. The van der Waals surface area contributed by atoms with Gasteiger partial charge >= 0.3 is 0 Å². The third-order valence-corrected chi connectivity index (χ3v) is 3.90. The van der Waals surface area contributed by atoms with Gasteiger partial charge in [-0.25, -0.2) is 0 Å². The molecular formula is C15H23N. The van der Waals surface area contributed by atoms with Crippen molar-refractivity contribution in [3.8, 4) is 0 Å². The van der Waals surface area contributed by atoms with E-state index in [9.17, 15) is 0 Å². The molecule has 0 aliphatic carbocycles. The summed E-state index contributed by atoms with van der Waals surface area (Å²) in [4.78, 5) is 0. The predicted molar refractivity (Wildman–Crippen MR) is 69.6 cm³/mol. The Morgan fingerprint density at radius 1 is 1.25 bits per heavy atom. The number of hydrogen-bond donors (Lipinski definition) is 1. The number of aryl methyl sites for hydroxylation is 1. The molecule has 0 bridgehead atoms. The van der Waals surface area contributed by atoms with E-state index >= 15 is 0 Å². The minimum absolute atomic E-state index is 0.465. The van der Waals surface area contributed by atoms with Crippen molar-refractivity contribution in [2.24, 2.45) is 5.41 Å². The third-order valence-electron chi connectivity index (χ3n) is 3.90. The fourth-order valence-electron chi connectivity index (χ4n) is 2.72. The first-order chi connectivity index (χ1) is 7.68. The summed E-state index contributed by atoms with van der Waals surface area (Å²) in [7, 11) is 0. The molecule has 1 N–H and O–H groups in total. The van der Waals surface area contributed by atoms with Crippen LogP contribution in [0.15, 0.2) is 30.3 Å². The van der Waals surface area contributed by atoms with Crippen LogP contribution in [0.3, 0.4) is 0 Å². The molecule has 1 nitrogen and oxygen atoms in total. The summed E-state index contributed by atoms with van der Waals surface area (Å²) in [5.41, 5.74) is 1.93. The molecule has 2 rings (SSSR count). The Labute approximate surface area is 99.3 Å². The van der Waals surface area contributed by atoms with Gasteiger partial charge in [-0.3, -0.25) is 0 Å². The van der Waals surface area contributed by atoms with Gasteiger partial charge in [-0.05, 0) is 43.2 Å². The first kappa shape index (κ1) is 11.7. The second-order valence-electron chi connectivity index (χ2n) is 5.62. The lowest BCUT2D eigenvalue weighted by Gasteiger charge is -2.39. The van der Waals surface area contributed by atoms with Crippen LogP contribution in [0.4, 0.5) is 0 Å². The zero-order valence-electron chi connectivity index (χ0n) is 10.5. The van der Waals surface area contributed by atoms with Crippen molar-refractivity contribution in [2.45, 2.75) is 45.6 Å². The number of nitrogens with one attached hydrogen (secondary N) is 1. The summed E-state index contributed by atoms with van der Waals surface area (Å²) in [5, 5.41) is 3.68. The largest absolute Gasteiger partial charge is 0.313 e. The van der Waals surface area contributed by atoms with E-state index in [0.29, 0.717) is 11.5 Å². The van der Waals surface area contributed by atoms with E-state index in [-0.39, 0.29) is 0 Å². The van der Waals surface area contributed by atoms with Crippen LogP contribution in [0.25, 0.3) is 0 Å². The van der Waals surface area contributed by atoms with Crippen LogP contribution >= 0.6 is 0 Å². The summed E-state index contributed by atoms with van der Waals surface area (Å²) < 4.78 is 0. The summed E-state index contributed by atoms with van der Waals surface area (Å²) in [6.07, 6.45) is 5.15. The Balaban J connectivity index is 1.90. The van der Waals surface area contributed by atoms with Gasteiger partial charge in [0.15, 0.2) is 0 Å². The van der Waals surface area contributed by atoms with Crippen molar-refractivity contribution in [1.29, 1.82) is 0 Å². The second-order valence-corrected chi connectivity index (χ2v) is 5.62. The van der Waals surface area contributed by atoms with Crippen molar-refractivity contribution in [2.75, 3.05) is 6.54 Å². The molecule has 1 atom stereocenters. The number of rotatable bonds is 3. The lowest BCUT2D eigenvalue weighted by Crippen LogP contribution is -2.46. The molecule has 1 saturated heterocycles. The van der Waals surface area contributed by atoms with Crippen LogP contribution in [-0.2, 0) is 6.42 Å². The van der Waals surface area contributed by atoms with Gasteiger partial charge in [0, 0.05) is 6.04 Å². The topological polar surface area (TPSA) is 12.0 Å². The van der Waals surface area contributed by atoms with Crippen LogP contribution in [0, 0.1) is 5.41 Å². The highest BCUT2D eigenvalue weighted by Crippen LogP contribution is 2.32. The zero-order valence-corrected chi connectivity index (χ0v) is 10.5. The second kappa shape index (κ2) is 5.01. The van der Waals surface area contributed by atoms with Crippen LogP contribution < -0.4 is 5.32 Å². The first-order valence-electron chi connectivity index (χ1n) is 6.46. The molecule has 1 fully saturated rings. The van der Waals surface area contributed by atoms with E-state index < -0.39 is 0 Å². The molecule has 0 radical (unpaired) electrons. The molecule has 0 amide bonds. The van der Waals surface area contributed by atoms with Gasteiger partial charge in [0.05, 0.1) is 0 Å². The molecule has 1 heteroatoms. The summed E-state index contributed by atoms with van der Waals surface area (Å²) in [6.45, 7) is 5.99. The van der Waals surface area contributed by atoms with Crippen molar-refractivity contribution in [3.05, 3.63) is 35.9 Å². The van der Waals surface area contributed by atoms with Gasteiger partial charge in [0.25, 0.3) is 0 Å². The molecule has 16 heavy (non-hydrogen) atoms. The number of benzene rings is 1. The summed E-state index contributed by atoms with van der Waals surface area (Å²) >= 11 is 0. The Morgan fingerprint density at radius 3 is 2.69 bits per heavy atom. The van der Waals surface area contributed by atoms with E-state index in [1.54, 1.807) is 0 Å². The Kier molecular flexibility index (Phi) is 3.65. The van der Waals surface area contributed by atoms with Crippen molar-refractivity contribution < 1.29 is 0 Å². The maximum absolute atomic E-state index is 3.68. The van der Waals surface area contributed by atoms with Gasteiger partial charge in [-0.1, -0.05) is 44.2 Å². The van der Waals surface area contributed by atoms with Crippen LogP contribution in [-0.4, -0.2) is 12.6 Å². The predicted octanol–water partition coefficient (Wildman–Crippen LogP) is 3.40. The summed E-state index contributed by atoms with van der Waals surface area (Å²) in [5.74, 6) is 0. The molecule has 1 aromatic carbocycles. The van der Waals surface area contributed by atoms with Crippen molar-refractivity contribution in [1.82, 2.24) is 5.32 Å². The van der Waals surface area contributed by atoms with Crippen LogP contribution in [0.1, 0.15) is 38.7 Å². The zero-order chi connectivity index (χ0) is 11.4. The molecule has 1 aliphatic rings. The van der Waals surface area contributed by atoms with E-state index in [1.165, 1.54) is 37.8 Å². The molecule has 1 heterocycles. The van der Waals surface area contributed by atoms with Gasteiger partial charge in [0.1, 0.15) is 0 Å². The molecule has 0 aromatic heterocycles. The molecule has 88 valence electrons. The van der Waals surface area contributed by atoms with E-state index in [2.05, 4.69) is 49.5 Å². The Morgan fingerprint density at radius 2 is 2.00 bits per heavy atom. The number of piperidine rings is 1. The minimum Gasteiger partial charge on any atom is -0.313 e. The molecule has 1 aliphatic heterocycles. The first-order valence-corrected chi connectivity index (χ1v) is 6.46. The highest BCUT2D eigenvalue weighted by atomic mass is 14.9. The van der Waals surface area contributed by atoms with E-state index in [0.717, 1.165) is 0 Å². The van der Waals surface area contributed by atoms with Crippen LogP contribution in [0.5, 0.6) is 0 Å². The van der Waals surface area contributed by atoms with Gasteiger partial charge in [-0.15, -0.1) is 0 Å². The van der Waals surface area contributed by atoms with Crippen LogP contribution in [0.2, 0.25) is 0 Å². The normalized spacial score (nSPS) is 24.2. The fourth-order valence-corrected chi connectivity index (χ4v) is 2.72. The minimum atomic E-state index is 0.465. The monoisotopic (exact) mass is 217 g/mol. The number of hydrogen-bond acceptors (Lipinski definition) is 1. The quantitative estimate of drug-likeness (QED) is 0.818. The van der Waals surface area contributed by atoms with Gasteiger partial charge in [0.2, 0.25) is 0 Å².